The minimum absolute atomic E-state index is 0.259. The molecule has 0 atom stereocenters. The van der Waals surface area contributed by atoms with Crippen LogP contribution in [-0.4, -0.2) is 22.8 Å². The molecule has 0 saturated heterocycles. The number of ether oxygens (including phenoxy) is 2. The Hall–Kier alpha value is -2.21. The highest BCUT2D eigenvalue weighted by molar-refractivity contribution is 6.37. The first-order valence-electron chi connectivity index (χ1n) is 8.97. The van der Waals surface area contributed by atoms with Gasteiger partial charge in [0.2, 0.25) is 0 Å². The second kappa shape index (κ2) is 7.24. The third kappa shape index (κ3) is 3.37. The molecule has 1 N–H and O–H groups in total. The van der Waals surface area contributed by atoms with Crippen LogP contribution in [0.1, 0.15) is 36.8 Å². The molecule has 4 rings (SSSR count). The molecule has 0 amide bonds. The first-order valence-corrected chi connectivity index (χ1v) is 10.1. The number of H-pyrrole nitrogens is 1. The lowest BCUT2D eigenvalue weighted by Crippen LogP contribution is -2.31. The number of benzene rings is 2. The number of aromatic nitrogens is 2. The van der Waals surface area contributed by atoms with Crippen molar-refractivity contribution in [3.05, 3.63) is 56.7 Å². The Balaban J connectivity index is 1.97. The Morgan fingerprint density at radius 2 is 1.83 bits per heavy atom. The molecule has 29 heavy (non-hydrogen) atoms. The molecule has 8 heteroatoms. The number of fused-ring (bicyclic) bond motifs is 3. The second-order valence-corrected chi connectivity index (χ2v) is 8.39. The zero-order valence-electron chi connectivity index (χ0n) is 15.9. The third-order valence-electron chi connectivity index (χ3n) is 4.74. The van der Waals surface area contributed by atoms with E-state index in [2.05, 4.69) is 10.2 Å². The van der Waals surface area contributed by atoms with Crippen LogP contribution in [0.5, 0.6) is 5.75 Å². The molecule has 5 nitrogen and oxygen atoms in total. The minimum Gasteiger partial charge on any atom is -0.482 e. The van der Waals surface area contributed by atoms with Gasteiger partial charge in [0.25, 0.3) is 0 Å². The quantitative estimate of drug-likeness (QED) is 0.461. The fourth-order valence-corrected chi connectivity index (χ4v) is 4.30. The molecule has 3 aromatic rings. The topological polar surface area (TPSA) is 64.2 Å². The van der Waals surface area contributed by atoms with Gasteiger partial charge in [0.05, 0.1) is 17.2 Å². The van der Waals surface area contributed by atoms with Crippen molar-refractivity contribution in [2.24, 2.45) is 0 Å². The van der Waals surface area contributed by atoms with Gasteiger partial charge in [-0.05, 0) is 45.0 Å². The maximum Gasteiger partial charge on any atom is 0.356 e. The van der Waals surface area contributed by atoms with Crippen molar-refractivity contribution in [3.8, 4) is 28.1 Å². The molecule has 0 radical (unpaired) electrons. The van der Waals surface area contributed by atoms with Crippen molar-refractivity contribution in [2.45, 2.75) is 26.4 Å². The van der Waals surface area contributed by atoms with Gasteiger partial charge < -0.3 is 9.47 Å². The number of esters is 1. The summed E-state index contributed by atoms with van der Waals surface area (Å²) in [5.74, 6) is 0.0994. The van der Waals surface area contributed by atoms with E-state index in [1.807, 2.05) is 19.9 Å². The summed E-state index contributed by atoms with van der Waals surface area (Å²) in [7, 11) is 0. The fourth-order valence-electron chi connectivity index (χ4n) is 3.57. The number of hydrogen-bond acceptors (Lipinski definition) is 4. The summed E-state index contributed by atoms with van der Waals surface area (Å²) >= 11 is 18.9. The molecule has 2 heterocycles. The monoisotopic (exact) mass is 450 g/mol. The van der Waals surface area contributed by atoms with Crippen molar-refractivity contribution in [3.63, 3.8) is 0 Å². The predicted octanol–water partition coefficient (Wildman–Crippen LogP) is 6.51. The van der Waals surface area contributed by atoms with E-state index in [1.54, 1.807) is 31.2 Å². The Kier molecular flexibility index (Phi) is 5.01. The van der Waals surface area contributed by atoms with E-state index in [1.165, 1.54) is 0 Å². The largest absolute Gasteiger partial charge is 0.482 e. The Morgan fingerprint density at radius 3 is 2.52 bits per heavy atom. The van der Waals surface area contributed by atoms with Crippen molar-refractivity contribution < 1.29 is 14.3 Å². The van der Waals surface area contributed by atoms with E-state index in [4.69, 9.17) is 44.3 Å². The van der Waals surface area contributed by atoms with Gasteiger partial charge in [-0.2, -0.15) is 5.10 Å². The van der Waals surface area contributed by atoms with Crippen LogP contribution in [0.15, 0.2) is 30.3 Å². The van der Waals surface area contributed by atoms with E-state index in [0.717, 1.165) is 5.56 Å². The molecule has 0 spiro atoms. The molecular formula is C21H17Cl3N2O3. The maximum absolute atomic E-state index is 12.4. The van der Waals surface area contributed by atoms with Crippen LogP contribution in [-0.2, 0) is 10.3 Å². The lowest BCUT2D eigenvalue weighted by atomic mass is 9.87. The number of nitrogens with zero attached hydrogens (tertiary/aromatic N) is 1. The van der Waals surface area contributed by atoms with E-state index >= 15 is 0 Å². The van der Waals surface area contributed by atoms with Crippen LogP contribution in [0.3, 0.4) is 0 Å². The smallest absolute Gasteiger partial charge is 0.356 e. The summed E-state index contributed by atoms with van der Waals surface area (Å²) in [6, 6.07) is 8.78. The number of nitrogens with one attached hydrogen (secondary N) is 1. The molecule has 1 aliphatic heterocycles. The summed E-state index contributed by atoms with van der Waals surface area (Å²) in [5.41, 5.74) is 2.75. The van der Waals surface area contributed by atoms with Crippen molar-refractivity contribution in [1.29, 1.82) is 0 Å². The average molecular weight is 452 g/mol. The molecule has 0 bridgehead atoms. The van der Waals surface area contributed by atoms with Gasteiger partial charge in [0.15, 0.2) is 5.69 Å². The summed E-state index contributed by atoms with van der Waals surface area (Å²) in [6.07, 6.45) is 0. The standard InChI is InChI=1S/C21H17Cl3N2O3/c1-4-28-20(27)18-16-17(25-26-18)14-8-11(23)7-13(19(14)29-21(16,2)3)12-6-5-10(22)9-15(12)24/h5-9H,4H2,1-3H3,(H,25,26). The highest BCUT2D eigenvalue weighted by Crippen LogP contribution is 2.51. The van der Waals surface area contributed by atoms with Crippen LogP contribution in [0, 0.1) is 0 Å². The van der Waals surface area contributed by atoms with Crippen molar-refractivity contribution in [2.75, 3.05) is 6.61 Å². The number of rotatable bonds is 3. The zero-order chi connectivity index (χ0) is 20.9. The molecule has 150 valence electrons. The number of halogens is 3. The van der Waals surface area contributed by atoms with Crippen LogP contribution >= 0.6 is 34.8 Å². The van der Waals surface area contributed by atoms with E-state index in [0.29, 0.717) is 43.2 Å². The Morgan fingerprint density at radius 1 is 1.10 bits per heavy atom. The number of aromatic amines is 1. The van der Waals surface area contributed by atoms with Crippen LogP contribution in [0.4, 0.5) is 0 Å². The van der Waals surface area contributed by atoms with Gasteiger partial charge in [-0.15, -0.1) is 0 Å². The van der Waals surface area contributed by atoms with E-state index < -0.39 is 11.6 Å². The minimum atomic E-state index is -0.848. The van der Waals surface area contributed by atoms with Crippen molar-refractivity contribution in [1.82, 2.24) is 10.2 Å². The van der Waals surface area contributed by atoms with Gasteiger partial charge in [-0.1, -0.05) is 40.9 Å². The summed E-state index contributed by atoms with van der Waals surface area (Å²) in [4.78, 5) is 12.4. The van der Waals surface area contributed by atoms with Crippen LogP contribution in [0.25, 0.3) is 22.4 Å². The zero-order valence-corrected chi connectivity index (χ0v) is 18.2. The summed E-state index contributed by atoms with van der Waals surface area (Å²) < 4.78 is 11.5. The van der Waals surface area contributed by atoms with E-state index in [-0.39, 0.29) is 12.3 Å². The average Bonchev–Trinajstić information content (AvgIpc) is 3.09. The highest BCUT2D eigenvalue weighted by Gasteiger charge is 2.41. The predicted molar refractivity (Wildman–Crippen MR) is 114 cm³/mol. The third-order valence-corrected chi connectivity index (χ3v) is 5.50. The van der Waals surface area contributed by atoms with E-state index in [9.17, 15) is 4.79 Å². The normalized spacial score (nSPS) is 14.0. The first-order chi connectivity index (χ1) is 13.7. The molecule has 1 aliphatic rings. The Labute approximate surface area is 182 Å². The molecule has 1 aromatic heterocycles. The Bertz CT molecular complexity index is 1140. The molecule has 0 saturated carbocycles. The first kappa shape index (κ1) is 20.1. The molecular weight excluding hydrogens is 435 g/mol. The van der Waals surface area contributed by atoms with Gasteiger partial charge in [-0.3, -0.25) is 5.10 Å². The number of hydrogen-bond donors (Lipinski definition) is 1. The molecule has 0 fully saturated rings. The SMILES string of the molecule is CCOC(=O)c1[nH]nc2c1C(C)(C)Oc1c(-c3ccc(Cl)cc3Cl)cc(Cl)cc1-2. The van der Waals surface area contributed by atoms with Crippen LogP contribution < -0.4 is 4.74 Å². The van der Waals surface area contributed by atoms with Gasteiger partial charge in [0.1, 0.15) is 17.0 Å². The lowest BCUT2D eigenvalue weighted by Gasteiger charge is -2.34. The van der Waals surface area contributed by atoms with Gasteiger partial charge >= 0.3 is 5.97 Å². The number of carbonyl (C=O) groups is 1. The lowest BCUT2D eigenvalue weighted by molar-refractivity contribution is 0.0500. The van der Waals surface area contributed by atoms with Gasteiger partial charge in [-0.25, -0.2) is 4.79 Å². The number of carbonyl (C=O) groups excluding carboxylic acids is 1. The molecule has 0 unspecified atom stereocenters. The van der Waals surface area contributed by atoms with Crippen molar-refractivity contribution >= 4 is 40.8 Å². The summed E-state index contributed by atoms with van der Waals surface area (Å²) in [6.45, 7) is 5.75. The van der Waals surface area contributed by atoms with Gasteiger partial charge in [0, 0.05) is 26.7 Å². The highest BCUT2D eigenvalue weighted by atomic mass is 35.5. The summed E-state index contributed by atoms with van der Waals surface area (Å²) in [5, 5.41) is 8.69. The van der Waals surface area contributed by atoms with Crippen LogP contribution in [0.2, 0.25) is 15.1 Å². The second-order valence-electron chi connectivity index (χ2n) is 7.11. The molecule has 0 aliphatic carbocycles. The fraction of sp³-hybridized carbons (Fsp3) is 0.238. The molecule has 2 aromatic carbocycles. The maximum atomic E-state index is 12.4.